The maximum atomic E-state index is 12.7. The summed E-state index contributed by atoms with van der Waals surface area (Å²) in [5.41, 5.74) is 0. The molecular weight excluding hydrogens is 733 g/mol. The van der Waals surface area contributed by atoms with Crippen molar-refractivity contribution in [3.8, 4) is 0 Å². The lowest BCUT2D eigenvalue weighted by atomic mass is 10.1. The number of unbranched alkanes of at least 4 members (excludes halogenated alkanes) is 17. The Bertz CT molecular complexity index is 1170. The van der Waals surface area contributed by atoms with Gasteiger partial charge < -0.3 is 14.2 Å². The fourth-order valence-corrected chi connectivity index (χ4v) is 6.24. The first kappa shape index (κ1) is 55.6. The third kappa shape index (κ3) is 45.5. The molecule has 0 fully saturated rings. The number of rotatable bonds is 42. The quantitative estimate of drug-likeness (QED) is 0.0264. The zero-order chi connectivity index (χ0) is 43.0. The van der Waals surface area contributed by atoms with E-state index in [4.69, 9.17) is 14.2 Å². The Morgan fingerprint density at radius 3 is 1.10 bits per heavy atom. The van der Waals surface area contributed by atoms with Crippen molar-refractivity contribution in [2.75, 3.05) is 13.2 Å². The number of allylic oxidation sites excluding steroid dienone is 14. The van der Waals surface area contributed by atoms with Crippen molar-refractivity contribution in [3.05, 3.63) is 85.1 Å². The van der Waals surface area contributed by atoms with Crippen LogP contribution in [0.3, 0.4) is 0 Å². The Balaban J connectivity index is 4.47. The van der Waals surface area contributed by atoms with Crippen molar-refractivity contribution >= 4 is 17.9 Å². The van der Waals surface area contributed by atoms with Gasteiger partial charge in [0.05, 0.1) is 0 Å². The lowest BCUT2D eigenvalue weighted by molar-refractivity contribution is -0.167. The van der Waals surface area contributed by atoms with Crippen molar-refractivity contribution in [2.24, 2.45) is 0 Å². The maximum Gasteiger partial charge on any atom is 0.306 e. The average molecular weight is 821 g/mol. The second kappa shape index (κ2) is 47.3. The largest absolute Gasteiger partial charge is 0.462 e. The molecule has 0 aliphatic heterocycles. The van der Waals surface area contributed by atoms with Crippen LogP contribution in [0.25, 0.3) is 0 Å². The van der Waals surface area contributed by atoms with Gasteiger partial charge in [-0.1, -0.05) is 176 Å². The van der Waals surface area contributed by atoms with Gasteiger partial charge in [0.2, 0.25) is 0 Å². The summed E-state index contributed by atoms with van der Waals surface area (Å²) < 4.78 is 16.6. The third-order valence-corrected chi connectivity index (χ3v) is 9.85. The minimum absolute atomic E-state index is 0.112. The molecule has 0 saturated carbocycles. The Kier molecular flexibility index (Phi) is 44.5. The van der Waals surface area contributed by atoms with E-state index in [9.17, 15) is 14.4 Å². The molecule has 1 atom stereocenters. The molecular formula is C53H88O6. The normalized spacial score (nSPS) is 12.8. The Hall–Kier alpha value is -3.41. The Morgan fingerprint density at radius 1 is 0.356 bits per heavy atom. The fraction of sp³-hybridized carbons (Fsp3) is 0.679. The molecule has 6 heteroatoms. The lowest BCUT2D eigenvalue weighted by Crippen LogP contribution is -2.30. The molecule has 336 valence electrons. The zero-order valence-corrected chi connectivity index (χ0v) is 38.2. The summed E-state index contributed by atoms with van der Waals surface area (Å²) in [7, 11) is 0. The molecule has 1 unspecified atom stereocenters. The third-order valence-electron chi connectivity index (χ3n) is 9.85. The highest BCUT2D eigenvalue weighted by Gasteiger charge is 2.19. The van der Waals surface area contributed by atoms with Crippen molar-refractivity contribution < 1.29 is 28.6 Å². The number of carbonyl (C=O) groups is 3. The van der Waals surface area contributed by atoms with Crippen molar-refractivity contribution in [1.29, 1.82) is 0 Å². The summed E-state index contributed by atoms with van der Waals surface area (Å²) in [4.78, 5) is 37.7. The van der Waals surface area contributed by atoms with Gasteiger partial charge in [0, 0.05) is 19.3 Å². The predicted molar refractivity (Wildman–Crippen MR) is 251 cm³/mol. The van der Waals surface area contributed by atoms with E-state index in [2.05, 4.69) is 106 Å². The van der Waals surface area contributed by atoms with Gasteiger partial charge in [-0.25, -0.2) is 0 Å². The molecule has 0 aliphatic rings. The van der Waals surface area contributed by atoms with Crippen LogP contribution in [-0.4, -0.2) is 37.2 Å². The topological polar surface area (TPSA) is 78.9 Å². The van der Waals surface area contributed by atoms with Crippen LogP contribution < -0.4 is 0 Å². The van der Waals surface area contributed by atoms with Gasteiger partial charge in [0.25, 0.3) is 0 Å². The molecule has 0 aromatic rings. The molecule has 0 aliphatic carbocycles. The fourth-order valence-electron chi connectivity index (χ4n) is 6.24. The van der Waals surface area contributed by atoms with Crippen LogP contribution in [0.1, 0.15) is 213 Å². The van der Waals surface area contributed by atoms with Crippen molar-refractivity contribution in [2.45, 2.75) is 219 Å². The first-order valence-electron chi connectivity index (χ1n) is 24.1. The molecule has 0 radical (unpaired) electrons. The smallest absolute Gasteiger partial charge is 0.306 e. The number of ether oxygens (including phenoxy) is 3. The molecule has 0 aromatic heterocycles. The van der Waals surface area contributed by atoms with Gasteiger partial charge in [-0.2, -0.15) is 0 Å². The number of esters is 3. The van der Waals surface area contributed by atoms with Crippen LogP contribution in [0, 0.1) is 0 Å². The van der Waals surface area contributed by atoms with Gasteiger partial charge in [0.15, 0.2) is 6.10 Å². The van der Waals surface area contributed by atoms with Crippen LogP contribution >= 0.6 is 0 Å². The second-order valence-corrected chi connectivity index (χ2v) is 15.6. The van der Waals surface area contributed by atoms with E-state index in [0.717, 1.165) is 70.6 Å². The van der Waals surface area contributed by atoms with E-state index in [-0.39, 0.29) is 37.5 Å². The molecule has 6 nitrogen and oxygen atoms in total. The van der Waals surface area contributed by atoms with Crippen LogP contribution in [-0.2, 0) is 28.6 Å². The van der Waals surface area contributed by atoms with E-state index in [1.807, 2.05) is 0 Å². The maximum absolute atomic E-state index is 12.7. The summed E-state index contributed by atoms with van der Waals surface area (Å²) in [6.45, 7) is 6.38. The number of hydrogen-bond acceptors (Lipinski definition) is 6. The first-order valence-corrected chi connectivity index (χ1v) is 24.1. The van der Waals surface area contributed by atoms with Crippen LogP contribution in [0.5, 0.6) is 0 Å². The molecule has 0 saturated heterocycles. The molecule has 0 rings (SSSR count). The number of hydrogen-bond donors (Lipinski definition) is 0. The van der Waals surface area contributed by atoms with Gasteiger partial charge in [-0.05, 0) is 103 Å². The standard InChI is InChI=1S/C53H88O6/c1-4-7-10-13-16-19-21-23-25-26-28-29-31-34-37-40-43-46-52(55)58-49-50(48-57-51(54)45-42-39-36-33-18-15-12-9-6-3)59-53(56)47-44-41-38-35-32-30-27-24-22-20-17-14-11-8-5-2/h7,10,16,19-20,22-23,25,28-29,33-34,36-37,50H,4-6,8-9,11-15,17-18,21,24,26-27,30-32,35,38-49H2,1-3H3/b10-7-,19-16-,22-20-,25-23-,29-28-,36-33-,37-34-. The summed E-state index contributed by atoms with van der Waals surface area (Å²) in [6.07, 6.45) is 60.1. The molecule has 0 N–H and O–H groups in total. The van der Waals surface area contributed by atoms with E-state index in [0.29, 0.717) is 25.7 Å². The summed E-state index contributed by atoms with van der Waals surface area (Å²) in [5.74, 6) is -1.01. The monoisotopic (exact) mass is 821 g/mol. The van der Waals surface area contributed by atoms with E-state index >= 15 is 0 Å². The van der Waals surface area contributed by atoms with Crippen LogP contribution in [0.15, 0.2) is 85.1 Å². The Morgan fingerprint density at radius 2 is 0.678 bits per heavy atom. The molecule has 0 bridgehead atoms. The summed E-state index contributed by atoms with van der Waals surface area (Å²) in [5, 5.41) is 0. The van der Waals surface area contributed by atoms with Gasteiger partial charge >= 0.3 is 17.9 Å². The van der Waals surface area contributed by atoms with Crippen molar-refractivity contribution in [3.63, 3.8) is 0 Å². The molecule has 0 heterocycles. The lowest BCUT2D eigenvalue weighted by Gasteiger charge is -2.18. The molecule has 59 heavy (non-hydrogen) atoms. The highest BCUT2D eigenvalue weighted by molar-refractivity contribution is 5.71. The molecule has 0 aromatic carbocycles. The summed E-state index contributed by atoms with van der Waals surface area (Å²) in [6, 6.07) is 0. The zero-order valence-electron chi connectivity index (χ0n) is 38.2. The van der Waals surface area contributed by atoms with E-state index in [1.54, 1.807) is 0 Å². The SMILES string of the molecule is CC/C=C\C/C=C\C/C=C\C/C=C\C/C=C\CCCC(=O)OCC(COC(=O)CCC/C=C\CCCCCC)OC(=O)CCCCCCCCC/C=C\CCCCCC. The predicted octanol–water partition coefficient (Wildman–Crippen LogP) is 15.6. The van der Waals surface area contributed by atoms with Crippen molar-refractivity contribution in [1.82, 2.24) is 0 Å². The molecule has 0 amide bonds. The van der Waals surface area contributed by atoms with E-state index in [1.165, 1.54) is 89.9 Å². The highest BCUT2D eigenvalue weighted by atomic mass is 16.6. The summed E-state index contributed by atoms with van der Waals surface area (Å²) >= 11 is 0. The second-order valence-electron chi connectivity index (χ2n) is 15.6. The van der Waals surface area contributed by atoms with Crippen LogP contribution in [0.4, 0.5) is 0 Å². The minimum Gasteiger partial charge on any atom is -0.462 e. The van der Waals surface area contributed by atoms with Gasteiger partial charge in [0.1, 0.15) is 13.2 Å². The Labute approximate surface area is 363 Å². The van der Waals surface area contributed by atoms with Crippen LogP contribution in [0.2, 0.25) is 0 Å². The molecule has 0 spiro atoms. The highest BCUT2D eigenvalue weighted by Crippen LogP contribution is 2.13. The minimum atomic E-state index is -0.810. The van der Waals surface area contributed by atoms with Gasteiger partial charge in [-0.15, -0.1) is 0 Å². The first-order chi connectivity index (χ1) is 29.0. The van der Waals surface area contributed by atoms with E-state index < -0.39 is 6.10 Å². The number of carbonyl (C=O) groups excluding carboxylic acids is 3. The van der Waals surface area contributed by atoms with Gasteiger partial charge in [-0.3, -0.25) is 14.4 Å². The average Bonchev–Trinajstić information content (AvgIpc) is 3.23.